The molecule has 0 N–H and O–H groups in total. The van der Waals surface area contributed by atoms with E-state index >= 15 is 0 Å². The van der Waals surface area contributed by atoms with Crippen LogP contribution in [0, 0.1) is 10.1 Å². The van der Waals surface area contributed by atoms with E-state index in [0.29, 0.717) is 16.8 Å². The summed E-state index contributed by atoms with van der Waals surface area (Å²) < 4.78 is 28.2. The Bertz CT molecular complexity index is 1170. The molecule has 160 valence electrons. The average Bonchev–Trinajstić information content (AvgIpc) is 3.07. The zero-order valence-corrected chi connectivity index (χ0v) is 18.7. The summed E-state index contributed by atoms with van der Waals surface area (Å²) in [5.41, 5.74) is 2.16. The van der Waals surface area contributed by atoms with Crippen molar-refractivity contribution < 1.29 is 13.3 Å². The minimum Gasteiger partial charge on any atom is -0.319 e. The van der Waals surface area contributed by atoms with Gasteiger partial charge in [0.15, 0.2) is 5.16 Å². The normalized spacial score (nSPS) is 12.0. The van der Waals surface area contributed by atoms with Gasteiger partial charge in [-0.25, -0.2) is 17.7 Å². The van der Waals surface area contributed by atoms with Crippen molar-refractivity contribution in [3.05, 3.63) is 58.1 Å². The van der Waals surface area contributed by atoms with E-state index in [9.17, 15) is 18.5 Å². The molecule has 3 aromatic rings. The number of sulfonamides is 1. The molecule has 0 saturated carbocycles. The molecule has 10 heteroatoms. The third-order valence-corrected chi connectivity index (χ3v) is 7.58. The van der Waals surface area contributed by atoms with E-state index in [-0.39, 0.29) is 15.5 Å². The summed E-state index contributed by atoms with van der Waals surface area (Å²) in [6.07, 6.45) is 1.95. The first-order valence-electron chi connectivity index (χ1n) is 9.53. The number of imidazole rings is 1. The van der Waals surface area contributed by atoms with E-state index in [1.165, 1.54) is 36.2 Å². The lowest BCUT2D eigenvalue weighted by Gasteiger charge is -2.11. The van der Waals surface area contributed by atoms with Crippen LogP contribution >= 0.6 is 11.8 Å². The smallest absolute Gasteiger partial charge is 0.273 e. The zero-order chi connectivity index (χ0) is 21.9. The third kappa shape index (κ3) is 4.50. The van der Waals surface area contributed by atoms with Gasteiger partial charge in [-0.3, -0.25) is 10.1 Å². The van der Waals surface area contributed by atoms with Crippen LogP contribution in [0.5, 0.6) is 0 Å². The number of aryl methyl sites for hydroxylation is 1. The Balaban J connectivity index is 2.00. The number of hydrogen-bond acceptors (Lipinski definition) is 6. The highest BCUT2D eigenvalue weighted by atomic mass is 32.2. The summed E-state index contributed by atoms with van der Waals surface area (Å²) in [5.74, 6) is 0.398. The number of hydrogen-bond donors (Lipinski definition) is 0. The molecule has 0 aliphatic carbocycles. The van der Waals surface area contributed by atoms with Crippen LogP contribution in [-0.2, 0) is 22.3 Å². The molecular formula is C20H24N4O4S2. The second-order valence-corrected chi connectivity index (χ2v) is 10.1. The van der Waals surface area contributed by atoms with Crippen molar-refractivity contribution in [1.82, 2.24) is 13.9 Å². The maximum Gasteiger partial charge on any atom is 0.273 e. The highest BCUT2D eigenvalue weighted by molar-refractivity contribution is 7.98. The van der Waals surface area contributed by atoms with E-state index in [1.807, 2.05) is 0 Å². The Morgan fingerprint density at radius 2 is 1.93 bits per heavy atom. The van der Waals surface area contributed by atoms with Gasteiger partial charge >= 0.3 is 0 Å². The molecule has 2 aromatic carbocycles. The molecule has 8 nitrogen and oxygen atoms in total. The number of nitro benzene ring substituents is 1. The number of aromatic nitrogens is 2. The van der Waals surface area contributed by atoms with Gasteiger partial charge < -0.3 is 4.57 Å². The topological polar surface area (TPSA) is 98.3 Å². The van der Waals surface area contributed by atoms with Crippen LogP contribution in [0.25, 0.3) is 11.0 Å². The summed E-state index contributed by atoms with van der Waals surface area (Å²) in [4.78, 5) is 15.8. The van der Waals surface area contributed by atoms with Gasteiger partial charge in [0.2, 0.25) is 10.0 Å². The molecule has 0 saturated heterocycles. The van der Waals surface area contributed by atoms with Crippen molar-refractivity contribution in [3.8, 4) is 0 Å². The number of fused-ring (bicyclic) bond motifs is 1. The Kier molecular flexibility index (Phi) is 6.79. The van der Waals surface area contributed by atoms with Crippen LogP contribution in [0.3, 0.4) is 0 Å². The maximum absolute atomic E-state index is 12.5. The van der Waals surface area contributed by atoms with Gasteiger partial charge in [0.1, 0.15) is 0 Å². The van der Waals surface area contributed by atoms with Crippen molar-refractivity contribution in [2.24, 2.45) is 0 Å². The van der Waals surface area contributed by atoms with E-state index < -0.39 is 10.0 Å². The monoisotopic (exact) mass is 448 g/mol. The quantitative estimate of drug-likeness (QED) is 0.275. The van der Waals surface area contributed by atoms with Crippen molar-refractivity contribution in [2.75, 3.05) is 14.1 Å². The molecule has 0 bridgehead atoms. The Labute approximate surface area is 180 Å². The Hall–Kier alpha value is -2.43. The average molecular weight is 449 g/mol. The SMILES string of the molecule is CCCCn1c(SCc2ccccc2[N+](=O)[O-])nc2cc(S(=O)(=O)N(C)C)ccc21. The standard InChI is InChI=1S/C20H24N4O4S2/c1-4-5-12-23-19-11-10-16(30(27,28)22(2)3)13-17(19)21-20(23)29-14-15-8-6-7-9-18(15)24(25)26/h6-11,13H,4-5,12,14H2,1-3H3. The van der Waals surface area contributed by atoms with Crippen LogP contribution in [0.15, 0.2) is 52.5 Å². The molecule has 0 radical (unpaired) electrons. The molecule has 1 heterocycles. The molecule has 30 heavy (non-hydrogen) atoms. The lowest BCUT2D eigenvalue weighted by Crippen LogP contribution is -2.22. The number of nitrogens with zero attached hydrogens (tertiary/aromatic N) is 4. The predicted octanol–water partition coefficient (Wildman–Crippen LogP) is 4.29. The highest BCUT2D eigenvalue weighted by Gasteiger charge is 2.20. The molecule has 1 aromatic heterocycles. The minimum absolute atomic E-state index is 0.0839. The summed E-state index contributed by atoms with van der Waals surface area (Å²) in [6, 6.07) is 11.6. The molecule has 0 spiro atoms. The summed E-state index contributed by atoms with van der Waals surface area (Å²) in [7, 11) is -0.570. The fraction of sp³-hybridized carbons (Fsp3) is 0.350. The first-order valence-corrected chi connectivity index (χ1v) is 12.0. The molecule has 0 aliphatic heterocycles. The van der Waals surface area contributed by atoms with E-state index in [4.69, 9.17) is 0 Å². The first-order chi connectivity index (χ1) is 14.3. The van der Waals surface area contributed by atoms with Gasteiger partial charge in [0.05, 0.1) is 20.9 Å². The maximum atomic E-state index is 12.5. The summed E-state index contributed by atoms with van der Waals surface area (Å²) in [5, 5.41) is 12.0. The molecule has 3 rings (SSSR count). The van der Waals surface area contributed by atoms with Gasteiger partial charge in [-0.1, -0.05) is 43.3 Å². The second kappa shape index (κ2) is 9.15. The van der Waals surface area contributed by atoms with Gasteiger partial charge in [0.25, 0.3) is 5.69 Å². The van der Waals surface area contributed by atoms with Crippen LogP contribution in [0.4, 0.5) is 5.69 Å². The highest BCUT2D eigenvalue weighted by Crippen LogP contribution is 2.31. The molecular weight excluding hydrogens is 424 g/mol. The summed E-state index contributed by atoms with van der Waals surface area (Å²) in [6.45, 7) is 2.84. The number of nitro groups is 1. The molecule has 0 atom stereocenters. The summed E-state index contributed by atoms with van der Waals surface area (Å²) >= 11 is 1.42. The Morgan fingerprint density at radius 1 is 1.20 bits per heavy atom. The third-order valence-electron chi connectivity index (χ3n) is 4.74. The van der Waals surface area contributed by atoms with Crippen LogP contribution in [0.2, 0.25) is 0 Å². The molecule has 0 fully saturated rings. The molecule has 0 unspecified atom stereocenters. The molecule has 0 aliphatic rings. The molecule has 0 amide bonds. The van der Waals surface area contributed by atoms with Crippen molar-refractivity contribution in [3.63, 3.8) is 0 Å². The number of benzene rings is 2. The minimum atomic E-state index is -3.56. The van der Waals surface area contributed by atoms with Crippen molar-refractivity contribution in [1.29, 1.82) is 0 Å². The Morgan fingerprint density at radius 3 is 2.60 bits per heavy atom. The fourth-order valence-corrected chi connectivity index (χ4v) is 5.01. The number of unbranched alkanes of at least 4 members (excludes halogenated alkanes) is 1. The van der Waals surface area contributed by atoms with E-state index in [0.717, 1.165) is 30.1 Å². The van der Waals surface area contributed by atoms with Crippen molar-refractivity contribution >= 4 is 38.5 Å². The lowest BCUT2D eigenvalue weighted by atomic mass is 10.2. The number of thioether (sulfide) groups is 1. The lowest BCUT2D eigenvalue weighted by molar-refractivity contribution is -0.385. The number of rotatable bonds is 9. The van der Waals surface area contributed by atoms with Crippen LogP contribution in [0.1, 0.15) is 25.3 Å². The second-order valence-electron chi connectivity index (χ2n) is 7.01. The van der Waals surface area contributed by atoms with Gasteiger partial charge in [-0.15, -0.1) is 0 Å². The van der Waals surface area contributed by atoms with Crippen LogP contribution in [-0.4, -0.2) is 41.3 Å². The first kappa shape index (κ1) is 22.3. The van der Waals surface area contributed by atoms with E-state index in [2.05, 4.69) is 16.5 Å². The largest absolute Gasteiger partial charge is 0.319 e. The fourth-order valence-electron chi connectivity index (χ4n) is 3.05. The van der Waals surface area contributed by atoms with E-state index in [1.54, 1.807) is 36.4 Å². The van der Waals surface area contributed by atoms with Crippen molar-refractivity contribution in [2.45, 2.75) is 42.1 Å². The number of para-hydroxylation sites is 1. The van der Waals surface area contributed by atoms with Gasteiger partial charge in [0, 0.05) is 38.0 Å². The van der Waals surface area contributed by atoms with Gasteiger partial charge in [-0.05, 0) is 24.6 Å². The van der Waals surface area contributed by atoms with Gasteiger partial charge in [-0.2, -0.15) is 0 Å². The predicted molar refractivity (Wildman–Crippen MR) is 118 cm³/mol. The zero-order valence-electron chi connectivity index (χ0n) is 17.1. The van der Waals surface area contributed by atoms with Crippen LogP contribution < -0.4 is 0 Å².